The van der Waals surface area contributed by atoms with E-state index in [9.17, 15) is 9.90 Å². The van der Waals surface area contributed by atoms with Gasteiger partial charge in [-0.3, -0.25) is 0 Å². The number of fused-ring (bicyclic) bond motifs is 1. The summed E-state index contributed by atoms with van der Waals surface area (Å²) in [5.41, 5.74) is 3.09. The molecule has 0 spiro atoms. The molecule has 8 heteroatoms. The molecule has 3 fully saturated rings. The quantitative estimate of drug-likeness (QED) is 0.130. The Morgan fingerprint density at radius 2 is 1.51 bits per heavy atom. The maximum atomic E-state index is 11.9. The average Bonchev–Trinajstić information content (AvgIpc) is 3.30. The third kappa shape index (κ3) is 10.3. The molecule has 0 radical (unpaired) electrons. The highest BCUT2D eigenvalue weighted by Gasteiger charge is 2.50. The lowest BCUT2D eigenvalue weighted by atomic mass is 9.62. The van der Waals surface area contributed by atoms with Crippen molar-refractivity contribution in [2.45, 2.75) is 181 Å². The lowest BCUT2D eigenvalue weighted by Crippen LogP contribution is -2.48. The predicted octanol–water partition coefficient (Wildman–Crippen LogP) is 11.4. The average molecular weight is 717 g/mol. The van der Waals surface area contributed by atoms with Gasteiger partial charge in [-0.2, -0.15) is 0 Å². The van der Waals surface area contributed by atoms with E-state index >= 15 is 0 Å². The van der Waals surface area contributed by atoms with E-state index in [4.69, 9.17) is 18.3 Å². The van der Waals surface area contributed by atoms with Crippen LogP contribution in [-0.4, -0.2) is 58.4 Å². The molecule has 0 unspecified atom stereocenters. The fourth-order valence-electron chi connectivity index (χ4n) is 7.69. The van der Waals surface area contributed by atoms with Gasteiger partial charge in [-0.25, -0.2) is 4.79 Å². The van der Waals surface area contributed by atoms with Crippen LogP contribution in [0.4, 0.5) is 4.79 Å². The van der Waals surface area contributed by atoms with Crippen LogP contribution in [0.5, 0.6) is 0 Å². The van der Waals surface area contributed by atoms with Crippen LogP contribution in [0.25, 0.3) is 0 Å². The molecule has 0 aromatic carbocycles. The molecule has 0 amide bonds. The molecule has 3 aliphatic rings. The fraction of sp³-hybridized carbons (Fsp3) is 0.780. The zero-order valence-electron chi connectivity index (χ0n) is 33.8. The minimum Gasteiger partial charge on any atom is -0.435 e. The summed E-state index contributed by atoms with van der Waals surface area (Å²) in [6, 6.07) is 0. The van der Waals surface area contributed by atoms with E-state index in [1.807, 2.05) is 6.08 Å². The number of ether oxygens (including phenoxy) is 2. The van der Waals surface area contributed by atoms with Crippen molar-refractivity contribution in [2.75, 3.05) is 6.61 Å². The molecule has 49 heavy (non-hydrogen) atoms. The molecule has 1 N–H and O–H groups in total. The first-order chi connectivity index (χ1) is 22.3. The Kier molecular flexibility index (Phi) is 13.4. The summed E-state index contributed by atoms with van der Waals surface area (Å²) in [5, 5.41) is 11.2. The first-order valence-corrected chi connectivity index (χ1v) is 24.8. The fourth-order valence-corrected chi connectivity index (χ4v) is 10.4. The molecule has 280 valence electrons. The standard InChI is InChI=1S/C41H72O6Si2/c1-16-44-37(43)45-40(9,10)36(42)24-19-29(2)34-22-23-35-31(18-17-25-41(34,35)11)21-20-30-26-32(46-48(12,13)38(3,4)5)28-33(27-30)47-49(14,15)39(6,7)8/h19-21,24,32-36,42H,2,16-18,22-23,25-28H2,1,3-15H3/b24-19+,31-21+/t32-,33-,34-,35+,36-,41-/m1/s1. The summed E-state index contributed by atoms with van der Waals surface area (Å²) in [4.78, 5) is 11.9. The summed E-state index contributed by atoms with van der Waals surface area (Å²) in [5.74, 6) is 0.856. The second kappa shape index (κ2) is 15.6. The molecule has 3 saturated carbocycles. The number of carbonyl (C=O) groups is 1. The molecule has 6 nitrogen and oxygen atoms in total. The summed E-state index contributed by atoms with van der Waals surface area (Å²) in [6.45, 7) is 35.7. The second-order valence-electron chi connectivity index (χ2n) is 19.0. The summed E-state index contributed by atoms with van der Waals surface area (Å²) >= 11 is 0. The smallest absolute Gasteiger partial charge is 0.435 e. The number of rotatable bonds is 11. The van der Waals surface area contributed by atoms with Crippen LogP contribution < -0.4 is 0 Å². The minimum atomic E-state index is -1.93. The van der Waals surface area contributed by atoms with Crippen molar-refractivity contribution in [1.29, 1.82) is 0 Å². The Bertz CT molecular complexity index is 1230. The van der Waals surface area contributed by atoms with Crippen molar-refractivity contribution in [3.63, 3.8) is 0 Å². The Labute approximate surface area is 302 Å². The highest BCUT2D eigenvalue weighted by molar-refractivity contribution is 6.74. The molecule has 6 atom stereocenters. The number of carbonyl (C=O) groups excluding carboxylic acids is 1. The molecule has 0 heterocycles. The Morgan fingerprint density at radius 1 is 0.959 bits per heavy atom. The lowest BCUT2D eigenvalue weighted by Gasteiger charge is -2.45. The normalized spacial score (nSPS) is 28.8. The summed E-state index contributed by atoms with van der Waals surface area (Å²) in [6.07, 6.45) is 15.9. The zero-order valence-corrected chi connectivity index (χ0v) is 35.8. The van der Waals surface area contributed by atoms with Gasteiger partial charge in [-0.1, -0.05) is 96.1 Å². The second-order valence-corrected chi connectivity index (χ2v) is 28.5. The molecule has 0 bridgehead atoms. The van der Waals surface area contributed by atoms with Crippen molar-refractivity contribution < 1.29 is 28.2 Å². The Hall–Kier alpha value is -1.46. The zero-order chi connectivity index (χ0) is 37.2. The van der Waals surface area contributed by atoms with Crippen LogP contribution in [0, 0.1) is 17.3 Å². The SMILES string of the molecule is C=C(/C=C/[C@@H](O)C(C)(C)OC(=O)OCC)[C@H]1CC[C@H]2/C(=C/C=C3C[C@@H](O[Si](C)(C)C(C)(C)C)C[C@H](O[Si](C)(C)C(C)(C)C)C3)CCC[C@]12C. The van der Waals surface area contributed by atoms with Gasteiger partial charge >= 0.3 is 6.16 Å². The van der Waals surface area contributed by atoms with Gasteiger partial charge in [-0.05, 0) is 126 Å². The third-order valence-corrected chi connectivity index (χ3v) is 21.9. The van der Waals surface area contributed by atoms with E-state index in [1.165, 1.54) is 18.4 Å². The van der Waals surface area contributed by atoms with E-state index in [0.717, 1.165) is 44.1 Å². The van der Waals surface area contributed by atoms with Gasteiger partial charge < -0.3 is 23.4 Å². The number of aliphatic hydroxyl groups excluding tert-OH is 1. The summed E-state index contributed by atoms with van der Waals surface area (Å²) < 4.78 is 24.4. The highest BCUT2D eigenvalue weighted by Crippen LogP contribution is 2.59. The van der Waals surface area contributed by atoms with Crippen LogP contribution in [0.2, 0.25) is 36.3 Å². The number of aliphatic hydroxyl groups is 1. The molecular weight excluding hydrogens is 645 g/mol. The Balaban J connectivity index is 1.81. The highest BCUT2D eigenvalue weighted by atomic mass is 28.4. The van der Waals surface area contributed by atoms with E-state index in [-0.39, 0.29) is 34.3 Å². The molecule has 3 rings (SSSR count). The van der Waals surface area contributed by atoms with Gasteiger partial charge in [0, 0.05) is 0 Å². The Morgan fingerprint density at radius 3 is 2.02 bits per heavy atom. The van der Waals surface area contributed by atoms with E-state index in [1.54, 1.807) is 32.4 Å². The molecule has 3 aliphatic carbocycles. The topological polar surface area (TPSA) is 74.2 Å². The van der Waals surface area contributed by atoms with Gasteiger partial charge in [0.25, 0.3) is 0 Å². The minimum absolute atomic E-state index is 0.125. The van der Waals surface area contributed by atoms with Crippen molar-refractivity contribution in [2.24, 2.45) is 17.3 Å². The maximum absolute atomic E-state index is 11.9. The maximum Gasteiger partial charge on any atom is 0.508 e. The van der Waals surface area contributed by atoms with Gasteiger partial charge in [0.2, 0.25) is 0 Å². The largest absolute Gasteiger partial charge is 0.508 e. The molecule has 0 aromatic heterocycles. The third-order valence-electron chi connectivity index (χ3n) is 12.8. The lowest BCUT2D eigenvalue weighted by molar-refractivity contribution is -0.0656. The van der Waals surface area contributed by atoms with Crippen molar-refractivity contribution >= 4 is 22.8 Å². The molecule has 0 aliphatic heterocycles. The van der Waals surface area contributed by atoms with Gasteiger partial charge in [0.15, 0.2) is 16.6 Å². The van der Waals surface area contributed by atoms with E-state index in [0.29, 0.717) is 11.8 Å². The van der Waals surface area contributed by atoms with Gasteiger partial charge in [0.05, 0.1) is 18.8 Å². The van der Waals surface area contributed by atoms with Crippen molar-refractivity contribution in [3.8, 4) is 0 Å². The van der Waals surface area contributed by atoms with Crippen LogP contribution in [-0.2, 0) is 18.3 Å². The molecular formula is C41H72O6Si2. The van der Waals surface area contributed by atoms with Crippen LogP contribution in [0.15, 0.2) is 47.6 Å². The first-order valence-electron chi connectivity index (χ1n) is 19.0. The predicted molar refractivity (Wildman–Crippen MR) is 209 cm³/mol. The summed E-state index contributed by atoms with van der Waals surface area (Å²) in [7, 11) is -3.86. The monoisotopic (exact) mass is 716 g/mol. The number of hydrogen-bond acceptors (Lipinski definition) is 6. The van der Waals surface area contributed by atoms with Crippen LogP contribution >= 0.6 is 0 Å². The number of hydrogen-bond donors (Lipinski definition) is 1. The van der Waals surface area contributed by atoms with Crippen molar-refractivity contribution in [1.82, 2.24) is 0 Å². The molecule has 0 saturated heterocycles. The first kappa shape index (κ1) is 42.0. The van der Waals surface area contributed by atoms with Crippen molar-refractivity contribution in [3.05, 3.63) is 47.6 Å². The molecule has 0 aromatic rings. The number of allylic oxidation sites excluding steroid dienone is 5. The van der Waals surface area contributed by atoms with E-state index in [2.05, 4.69) is 93.4 Å². The van der Waals surface area contributed by atoms with E-state index < -0.39 is 34.5 Å². The van der Waals surface area contributed by atoms with Gasteiger partial charge in [-0.15, -0.1) is 0 Å². The van der Waals surface area contributed by atoms with Crippen LogP contribution in [0.3, 0.4) is 0 Å². The van der Waals surface area contributed by atoms with Gasteiger partial charge in [0.1, 0.15) is 11.7 Å². The van der Waals surface area contributed by atoms with Crippen LogP contribution in [0.1, 0.15) is 121 Å².